The van der Waals surface area contributed by atoms with Gasteiger partial charge in [0.25, 0.3) is 0 Å². The van der Waals surface area contributed by atoms with Crippen LogP contribution in [0.5, 0.6) is 0 Å². The summed E-state index contributed by atoms with van der Waals surface area (Å²) in [6.45, 7) is 7.33. The van der Waals surface area contributed by atoms with Crippen molar-refractivity contribution in [2.45, 2.75) is 70.6 Å². The number of aromatic amines is 1. The van der Waals surface area contributed by atoms with Crippen molar-refractivity contribution >= 4 is 0 Å². The van der Waals surface area contributed by atoms with Crippen molar-refractivity contribution in [2.24, 2.45) is 5.73 Å². The van der Waals surface area contributed by atoms with Gasteiger partial charge in [0, 0.05) is 17.0 Å². The number of H-pyrrole nitrogens is 1. The highest BCUT2D eigenvalue weighted by atomic mass is 15.0. The predicted octanol–water partition coefficient (Wildman–Crippen LogP) is 3.39. The van der Waals surface area contributed by atoms with Crippen molar-refractivity contribution in [3.63, 3.8) is 0 Å². The van der Waals surface area contributed by atoms with Gasteiger partial charge in [-0.15, -0.1) is 0 Å². The van der Waals surface area contributed by atoms with Crippen LogP contribution < -0.4 is 5.73 Å². The quantitative estimate of drug-likeness (QED) is 0.859. The van der Waals surface area contributed by atoms with E-state index in [4.69, 9.17) is 10.7 Å². The minimum absolute atomic E-state index is 0.0619. The van der Waals surface area contributed by atoms with Gasteiger partial charge in [0.1, 0.15) is 5.82 Å². The van der Waals surface area contributed by atoms with E-state index in [1.807, 2.05) is 0 Å². The van der Waals surface area contributed by atoms with Gasteiger partial charge in [-0.25, -0.2) is 4.98 Å². The lowest BCUT2D eigenvalue weighted by atomic mass is 9.86. The van der Waals surface area contributed by atoms with Gasteiger partial charge in [-0.3, -0.25) is 0 Å². The number of rotatable bonds is 4. The molecule has 1 aromatic heterocycles. The molecule has 0 unspecified atom stereocenters. The maximum atomic E-state index is 5.70. The summed E-state index contributed by atoms with van der Waals surface area (Å²) in [6, 6.07) is 0. The van der Waals surface area contributed by atoms with E-state index >= 15 is 0 Å². The molecule has 18 heavy (non-hydrogen) atoms. The molecule has 0 radical (unpaired) electrons. The van der Waals surface area contributed by atoms with E-state index in [0.29, 0.717) is 12.5 Å². The summed E-state index contributed by atoms with van der Waals surface area (Å²) in [6.07, 6.45) is 7.71. The van der Waals surface area contributed by atoms with Crippen LogP contribution in [0.2, 0.25) is 0 Å². The summed E-state index contributed by atoms with van der Waals surface area (Å²) >= 11 is 0. The molecule has 3 nitrogen and oxygen atoms in total. The molecule has 102 valence electrons. The molecule has 1 aromatic rings. The van der Waals surface area contributed by atoms with Crippen LogP contribution in [0.1, 0.15) is 75.5 Å². The largest absolute Gasteiger partial charge is 0.345 e. The molecule has 0 aromatic carbocycles. The Labute approximate surface area is 111 Å². The zero-order valence-electron chi connectivity index (χ0n) is 12.1. The highest BCUT2D eigenvalue weighted by molar-refractivity contribution is 5.21. The van der Waals surface area contributed by atoms with Gasteiger partial charge in [0.2, 0.25) is 0 Å². The van der Waals surface area contributed by atoms with Crippen molar-refractivity contribution in [1.82, 2.24) is 9.97 Å². The van der Waals surface area contributed by atoms with Gasteiger partial charge in [0.15, 0.2) is 0 Å². The number of nitrogens with zero attached hydrogens (tertiary/aromatic N) is 1. The van der Waals surface area contributed by atoms with E-state index < -0.39 is 0 Å². The summed E-state index contributed by atoms with van der Waals surface area (Å²) < 4.78 is 0. The number of aromatic nitrogens is 2. The highest BCUT2D eigenvalue weighted by Crippen LogP contribution is 2.35. The van der Waals surface area contributed by atoms with E-state index in [1.165, 1.54) is 43.5 Å². The van der Waals surface area contributed by atoms with E-state index in [1.54, 1.807) is 0 Å². The Bertz CT molecular complexity index is 386. The Morgan fingerprint density at radius 1 is 1.28 bits per heavy atom. The summed E-state index contributed by atoms with van der Waals surface area (Å²) in [4.78, 5) is 8.41. The molecule has 1 aliphatic carbocycles. The SMILES string of the molecule is Cc1[nH]c(C(C)(C)CCN)nc1C1CCCCC1. The standard InChI is InChI=1S/C15H27N3/c1-11-13(12-7-5-4-6-8-12)18-14(17-11)15(2,3)9-10-16/h12H,4-10,16H2,1-3H3,(H,17,18). The Morgan fingerprint density at radius 3 is 2.56 bits per heavy atom. The fourth-order valence-electron chi connectivity index (χ4n) is 3.05. The molecular weight excluding hydrogens is 222 g/mol. The first kappa shape index (κ1) is 13.6. The molecule has 3 N–H and O–H groups in total. The Balaban J connectivity index is 2.20. The number of hydrogen-bond donors (Lipinski definition) is 2. The van der Waals surface area contributed by atoms with Crippen molar-refractivity contribution < 1.29 is 0 Å². The first-order valence-electron chi connectivity index (χ1n) is 7.31. The zero-order valence-corrected chi connectivity index (χ0v) is 12.1. The highest BCUT2D eigenvalue weighted by Gasteiger charge is 2.27. The van der Waals surface area contributed by atoms with Crippen LogP contribution in [0.4, 0.5) is 0 Å². The normalized spacial score (nSPS) is 18.2. The molecule has 0 atom stereocenters. The lowest BCUT2D eigenvalue weighted by Crippen LogP contribution is -2.23. The van der Waals surface area contributed by atoms with Gasteiger partial charge in [0.05, 0.1) is 5.69 Å². The maximum absolute atomic E-state index is 5.70. The molecule has 0 aliphatic heterocycles. The topological polar surface area (TPSA) is 54.7 Å². The second kappa shape index (κ2) is 5.43. The first-order valence-corrected chi connectivity index (χ1v) is 7.31. The van der Waals surface area contributed by atoms with Gasteiger partial charge < -0.3 is 10.7 Å². The molecule has 0 spiro atoms. The van der Waals surface area contributed by atoms with Crippen molar-refractivity contribution in [1.29, 1.82) is 0 Å². The first-order chi connectivity index (χ1) is 8.54. The second-order valence-electron chi connectivity index (χ2n) is 6.35. The van der Waals surface area contributed by atoms with Crippen molar-refractivity contribution in [3.8, 4) is 0 Å². The van der Waals surface area contributed by atoms with Gasteiger partial charge >= 0.3 is 0 Å². The van der Waals surface area contributed by atoms with Gasteiger partial charge in [-0.2, -0.15) is 0 Å². The van der Waals surface area contributed by atoms with Crippen LogP contribution in [-0.2, 0) is 5.41 Å². The summed E-state index contributed by atoms with van der Waals surface area (Å²) in [7, 11) is 0. The van der Waals surface area contributed by atoms with E-state index in [9.17, 15) is 0 Å². The van der Waals surface area contributed by atoms with Crippen LogP contribution >= 0.6 is 0 Å². The van der Waals surface area contributed by atoms with Crippen LogP contribution in [0, 0.1) is 6.92 Å². The van der Waals surface area contributed by atoms with Crippen molar-refractivity contribution in [2.75, 3.05) is 6.54 Å². The predicted molar refractivity (Wildman–Crippen MR) is 75.8 cm³/mol. The van der Waals surface area contributed by atoms with E-state index in [0.717, 1.165) is 12.2 Å². The molecule has 0 bridgehead atoms. The Kier molecular flexibility index (Phi) is 4.10. The molecule has 2 rings (SSSR count). The lowest BCUT2D eigenvalue weighted by molar-refractivity contribution is 0.430. The monoisotopic (exact) mass is 249 g/mol. The number of imidazole rings is 1. The molecule has 1 fully saturated rings. The second-order valence-corrected chi connectivity index (χ2v) is 6.35. The average molecular weight is 249 g/mol. The van der Waals surface area contributed by atoms with Gasteiger partial charge in [-0.05, 0) is 32.7 Å². The third kappa shape index (κ3) is 2.77. The van der Waals surface area contributed by atoms with Crippen LogP contribution in [0.25, 0.3) is 0 Å². The molecule has 1 saturated carbocycles. The zero-order chi connectivity index (χ0) is 13.2. The van der Waals surface area contributed by atoms with E-state index in [-0.39, 0.29) is 5.41 Å². The Morgan fingerprint density at radius 2 is 1.94 bits per heavy atom. The molecule has 1 aliphatic rings. The number of nitrogens with one attached hydrogen (secondary N) is 1. The summed E-state index contributed by atoms with van der Waals surface area (Å²) in [5, 5.41) is 0. The third-order valence-corrected chi connectivity index (χ3v) is 4.32. The van der Waals surface area contributed by atoms with E-state index in [2.05, 4.69) is 25.8 Å². The molecule has 3 heteroatoms. The minimum Gasteiger partial charge on any atom is -0.345 e. The third-order valence-electron chi connectivity index (χ3n) is 4.32. The number of aryl methyl sites for hydroxylation is 1. The fraction of sp³-hybridized carbons (Fsp3) is 0.800. The van der Waals surface area contributed by atoms with Gasteiger partial charge in [-0.1, -0.05) is 33.1 Å². The average Bonchev–Trinajstić information content (AvgIpc) is 2.73. The Hall–Kier alpha value is -0.830. The molecular formula is C15H27N3. The number of nitrogens with two attached hydrogens (primary N) is 1. The maximum Gasteiger partial charge on any atom is 0.112 e. The smallest absolute Gasteiger partial charge is 0.112 e. The fourth-order valence-corrected chi connectivity index (χ4v) is 3.05. The molecule has 1 heterocycles. The van der Waals surface area contributed by atoms with Crippen LogP contribution in [-0.4, -0.2) is 16.5 Å². The summed E-state index contributed by atoms with van der Waals surface area (Å²) in [5.74, 6) is 1.79. The lowest BCUT2D eigenvalue weighted by Gasteiger charge is -2.22. The van der Waals surface area contributed by atoms with Crippen molar-refractivity contribution in [3.05, 3.63) is 17.2 Å². The minimum atomic E-state index is 0.0619. The van der Waals surface area contributed by atoms with Crippen LogP contribution in [0.15, 0.2) is 0 Å². The molecule has 0 amide bonds. The number of hydrogen-bond acceptors (Lipinski definition) is 2. The molecule has 0 saturated heterocycles. The van der Waals surface area contributed by atoms with Crippen LogP contribution in [0.3, 0.4) is 0 Å². The summed E-state index contributed by atoms with van der Waals surface area (Å²) in [5.41, 5.74) is 8.34.